The normalized spacial score (nSPS) is 15.8. The summed E-state index contributed by atoms with van der Waals surface area (Å²) in [4.78, 5) is 21.7. The lowest BCUT2D eigenvalue weighted by Crippen LogP contribution is -2.10. The fourth-order valence-corrected chi connectivity index (χ4v) is 2.11. The average molecular weight is 232 g/mol. The Hall–Kier alpha value is -1.64. The van der Waals surface area contributed by atoms with Gasteiger partial charge in [-0.1, -0.05) is 0 Å². The molecule has 90 valence electrons. The van der Waals surface area contributed by atoms with Gasteiger partial charge in [0.15, 0.2) is 5.78 Å². The van der Waals surface area contributed by atoms with E-state index in [-0.39, 0.29) is 12.2 Å². The lowest BCUT2D eigenvalue weighted by Gasteiger charge is -2.12. The zero-order valence-corrected chi connectivity index (χ0v) is 9.72. The molecule has 1 aliphatic rings. The molecule has 1 fully saturated rings. The highest BCUT2D eigenvalue weighted by Crippen LogP contribution is 2.24. The van der Waals surface area contributed by atoms with Crippen LogP contribution in [0, 0.1) is 0 Å². The van der Waals surface area contributed by atoms with Crippen molar-refractivity contribution >= 4 is 12.1 Å². The van der Waals surface area contributed by atoms with Crippen molar-refractivity contribution in [3.05, 3.63) is 29.8 Å². The predicted molar refractivity (Wildman–Crippen MR) is 64.3 cm³/mol. The molecule has 1 aliphatic carbocycles. The molecule has 1 saturated carbocycles. The minimum atomic E-state index is -0.146. The van der Waals surface area contributed by atoms with Crippen LogP contribution in [-0.2, 0) is 4.79 Å². The van der Waals surface area contributed by atoms with Gasteiger partial charge in [-0.3, -0.25) is 4.79 Å². The Balaban J connectivity index is 1.97. The summed E-state index contributed by atoms with van der Waals surface area (Å²) in [5.74, 6) is 0.659. The van der Waals surface area contributed by atoms with E-state index in [0.717, 1.165) is 18.6 Å². The number of carbonyl (C=O) groups excluding carboxylic acids is 2. The SMILES string of the molecule is O=CCC(=O)c1ccc(OC2CCCC2)cc1. The van der Waals surface area contributed by atoms with Gasteiger partial charge >= 0.3 is 0 Å². The second-order valence-corrected chi connectivity index (χ2v) is 4.34. The molecule has 17 heavy (non-hydrogen) atoms. The molecule has 0 aromatic heterocycles. The van der Waals surface area contributed by atoms with Crippen LogP contribution in [0.3, 0.4) is 0 Å². The first-order valence-electron chi connectivity index (χ1n) is 6.03. The van der Waals surface area contributed by atoms with Gasteiger partial charge in [-0.05, 0) is 49.9 Å². The Morgan fingerprint density at radius 1 is 1.24 bits per heavy atom. The fraction of sp³-hybridized carbons (Fsp3) is 0.429. The monoisotopic (exact) mass is 232 g/mol. The van der Waals surface area contributed by atoms with Crippen molar-refractivity contribution in [1.82, 2.24) is 0 Å². The van der Waals surface area contributed by atoms with E-state index in [2.05, 4.69) is 0 Å². The molecule has 0 amide bonds. The minimum Gasteiger partial charge on any atom is -0.490 e. The zero-order valence-electron chi connectivity index (χ0n) is 9.72. The van der Waals surface area contributed by atoms with E-state index in [1.165, 1.54) is 12.8 Å². The second kappa shape index (κ2) is 5.62. The topological polar surface area (TPSA) is 43.4 Å². The molecule has 1 aromatic rings. The highest BCUT2D eigenvalue weighted by molar-refractivity contribution is 6.02. The van der Waals surface area contributed by atoms with E-state index in [1.807, 2.05) is 0 Å². The number of rotatable bonds is 5. The molecular weight excluding hydrogens is 216 g/mol. The molecule has 0 saturated heterocycles. The quantitative estimate of drug-likeness (QED) is 0.445. The first-order valence-corrected chi connectivity index (χ1v) is 6.03. The lowest BCUT2D eigenvalue weighted by atomic mass is 10.1. The smallest absolute Gasteiger partial charge is 0.169 e. The maximum absolute atomic E-state index is 11.4. The molecule has 0 heterocycles. The Labute approximate surface area is 101 Å². The standard InChI is InChI=1S/C14H16O3/c15-10-9-14(16)11-5-7-13(8-6-11)17-12-3-1-2-4-12/h5-8,10,12H,1-4,9H2. The van der Waals surface area contributed by atoms with E-state index in [1.54, 1.807) is 24.3 Å². The summed E-state index contributed by atoms with van der Waals surface area (Å²) in [6.07, 6.45) is 5.61. The summed E-state index contributed by atoms with van der Waals surface area (Å²) in [5, 5.41) is 0. The minimum absolute atomic E-state index is 0.0527. The summed E-state index contributed by atoms with van der Waals surface area (Å²) in [7, 11) is 0. The largest absolute Gasteiger partial charge is 0.490 e. The first kappa shape index (κ1) is 11.8. The number of benzene rings is 1. The van der Waals surface area contributed by atoms with E-state index < -0.39 is 0 Å². The predicted octanol–water partition coefficient (Wildman–Crippen LogP) is 2.78. The van der Waals surface area contributed by atoms with Gasteiger partial charge in [0.1, 0.15) is 12.0 Å². The Kier molecular flexibility index (Phi) is 3.91. The van der Waals surface area contributed by atoms with Crippen molar-refractivity contribution < 1.29 is 14.3 Å². The number of hydrogen-bond acceptors (Lipinski definition) is 3. The second-order valence-electron chi connectivity index (χ2n) is 4.34. The van der Waals surface area contributed by atoms with Gasteiger partial charge in [-0.15, -0.1) is 0 Å². The molecule has 0 spiro atoms. The van der Waals surface area contributed by atoms with Gasteiger partial charge in [-0.25, -0.2) is 0 Å². The van der Waals surface area contributed by atoms with Crippen LogP contribution in [0.5, 0.6) is 5.75 Å². The van der Waals surface area contributed by atoms with Crippen LogP contribution >= 0.6 is 0 Å². The number of ether oxygens (including phenoxy) is 1. The van der Waals surface area contributed by atoms with E-state index in [0.29, 0.717) is 18.0 Å². The van der Waals surface area contributed by atoms with Crippen LogP contribution in [0.15, 0.2) is 24.3 Å². The van der Waals surface area contributed by atoms with Gasteiger partial charge in [0.2, 0.25) is 0 Å². The fourth-order valence-electron chi connectivity index (χ4n) is 2.11. The van der Waals surface area contributed by atoms with Gasteiger partial charge in [-0.2, -0.15) is 0 Å². The number of Topliss-reactive ketones (excluding diaryl/α,β-unsaturated/α-hetero) is 1. The highest BCUT2D eigenvalue weighted by Gasteiger charge is 2.16. The summed E-state index contributed by atoms with van der Waals surface area (Å²) in [6.45, 7) is 0. The number of aldehydes is 1. The summed E-state index contributed by atoms with van der Waals surface area (Å²) in [5.41, 5.74) is 0.566. The van der Waals surface area contributed by atoms with Gasteiger partial charge < -0.3 is 9.53 Å². The van der Waals surface area contributed by atoms with Crippen LogP contribution < -0.4 is 4.74 Å². The molecule has 0 atom stereocenters. The number of carbonyl (C=O) groups is 2. The zero-order chi connectivity index (χ0) is 12.1. The Morgan fingerprint density at radius 3 is 2.47 bits per heavy atom. The van der Waals surface area contributed by atoms with E-state index in [4.69, 9.17) is 4.74 Å². The molecule has 2 rings (SSSR count). The Bertz CT molecular complexity index is 388. The van der Waals surface area contributed by atoms with Gasteiger partial charge in [0.05, 0.1) is 12.5 Å². The maximum atomic E-state index is 11.4. The average Bonchev–Trinajstić information content (AvgIpc) is 2.83. The van der Waals surface area contributed by atoms with Crippen molar-refractivity contribution in [3.63, 3.8) is 0 Å². The van der Waals surface area contributed by atoms with Crippen molar-refractivity contribution in [2.45, 2.75) is 38.2 Å². The lowest BCUT2D eigenvalue weighted by molar-refractivity contribution is -0.107. The molecule has 0 bridgehead atoms. The summed E-state index contributed by atoms with van der Waals surface area (Å²) in [6, 6.07) is 7.04. The van der Waals surface area contributed by atoms with Crippen molar-refractivity contribution in [3.8, 4) is 5.75 Å². The third-order valence-corrected chi connectivity index (χ3v) is 3.05. The van der Waals surface area contributed by atoms with Crippen LogP contribution in [-0.4, -0.2) is 18.2 Å². The molecule has 3 nitrogen and oxygen atoms in total. The van der Waals surface area contributed by atoms with E-state index in [9.17, 15) is 9.59 Å². The molecule has 0 aliphatic heterocycles. The van der Waals surface area contributed by atoms with E-state index >= 15 is 0 Å². The molecular formula is C14H16O3. The summed E-state index contributed by atoms with van der Waals surface area (Å²) >= 11 is 0. The third-order valence-electron chi connectivity index (χ3n) is 3.05. The van der Waals surface area contributed by atoms with Crippen LogP contribution in [0.1, 0.15) is 42.5 Å². The molecule has 0 unspecified atom stereocenters. The third kappa shape index (κ3) is 3.16. The maximum Gasteiger partial charge on any atom is 0.169 e. The molecule has 1 aromatic carbocycles. The van der Waals surface area contributed by atoms with Crippen LogP contribution in [0.4, 0.5) is 0 Å². The molecule has 3 heteroatoms. The molecule has 0 radical (unpaired) electrons. The number of ketones is 1. The van der Waals surface area contributed by atoms with Crippen LogP contribution in [0.25, 0.3) is 0 Å². The van der Waals surface area contributed by atoms with Crippen molar-refractivity contribution in [2.24, 2.45) is 0 Å². The van der Waals surface area contributed by atoms with Crippen molar-refractivity contribution in [1.29, 1.82) is 0 Å². The van der Waals surface area contributed by atoms with Gasteiger partial charge in [0, 0.05) is 5.56 Å². The Morgan fingerprint density at radius 2 is 1.88 bits per heavy atom. The highest BCUT2D eigenvalue weighted by atomic mass is 16.5. The first-order chi connectivity index (χ1) is 8.29. The van der Waals surface area contributed by atoms with Gasteiger partial charge in [0.25, 0.3) is 0 Å². The summed E-state index contributed by atoms with van der Waals surface area (Å²) < 4.78 is 5.79. The number of hydrogen-bond donors (Lipinski definition) is 0. The van der Waals surface area contributed by atoms with Crippen molar-refractivity contribution in [2.75, 3.05) is 0 Å². The van der Waals surface area contributed by atoms with Crippen LogP contribution in [0.2, 0.25) is 0 Å². The molecule has 0 N–H and O–H groups in total.